The molecule has 2 nitrogen and oxygen atoms in total. The van der Waals surface area contributed by atoms with Crippen molar-refractivity contribution in [3.8, 4) is 11.8 Å². The van der Waals surface area contributed by atoms with Gasteiger partial charge in [-0.2, -0.15) is 0 Å². The van der Waals surface area contributed by atoms with Crippen LogP contribution in [-0.2, 0) is 4.79 Å². The third-order valence-electron chi connectivity index (χ3n) is 2.85. The second-order valence-corrected chi connectivity index (χ2v) is 3.88. The van der Waals surface area contributed by atoms with E-state index in [4.69, 9.17) is 5.11 Å². The van der Waals surface area contributed by atoms with Crippen LogP contribution >= 0.6 is 0 Å². The van der Waals surface area contributed by atoms with E-state index in [9.17, 15) is 4.79 Å². The number of hydrogen-bond donors (Lipinski definition) is 1. The second-order valence-electron chi connectivity index (χ2n) is 3.88. The molecule has 0 aromatic carbocycles. The summed E-state index contributed by atoms with van der Waals surface area (Å²) in [6.07, 6.45) is 6.08. The molecule has 0 bridgehead atoms. The highest BCUT2D eigenvalue weighted by Crippen LogP contribution is 2.23. The van der Waals surface area contributed by atoms with Gasteiger partial charge in [-0.15, -0.1) is 5.92 Å². The fraction of sp³-hybridized carbons (Fsp3) is 0.750. The Labute approximate surface area is 85.7 Å². The Bertz CT molecular complexity index is 247. The van der Waals surface area contributed by atoms with Crippen molar-refractivity contribution < 1.29 is 9.90 Å². The Hall–Kier alpha value is -0.970. The number of carboxylic acids is 1. The van der Waals surface area contributed by atoms with Gasteiger partial charge in [-0.25, -0.2) is 0 Å². The van der Waals surface area contributed by atoms with Crippen LogP contribution in [0.15, 0.2) is 0 Å². The fourth-order valence-electron chi connectivity index (χ4n) is 1.96. The number of aliphatic carboxylic acids is 1. The predicted molar refractivity (Wildman–Crippen MR) is 55.8 cm³/mol. The van der Waals surface area contributed by atoms with E-state index in [1.54, 1.807) is 0 Å². The van der Waals surface area contributed by atoms with Crippen molar-refractivity contribution in [3.63, 3.8) is 0 Å². The van der Waals surface area contributed by atoms with Gasteiger partial charge in [0.2, 0.25) is 0 Å². The molecule has 0 aromatic rings. The molecule has 2 unspecified atom stereocenters. The summed E-state index contributed by atoms with van der Waals surface area (Å²) in [5, 5.41) is 9.02. The first-order chi connectivity index (χ1) is 6.75. The summed E-state index contributed by atoms with van der Waals surface area (Å²) in [6.45, 7) is 1.93. The second kappa shape index (κ2) is 5.70. The summed E-state index contributed by atoms with van der Waals surface area (Å²) in [5.41, 5.74) is 0. The Morgan fingerprint density at radius 2 is 2.29 bits per heavy atom. The molecule has 14 heavy (non-hydrogen) atoms. The summed E-state index contributed by atoms with van der Waals surface area (Å²) in [7, 11) is 0. The molecule has 0 aliphatic heterocycles. The first kappa shape index (κ1) is 11.1. The Kier molecular flexibility index (Phi) is 4.52. The number of hydrogen-bond acceptors (Lipinski definition) is 1. The van der Waals surface area contributed by atoms with Crippen molar-refractivity contribution >= 4 is 5.97 Å². The van der Waals surface area contributed by atoms with Crippen molar-refractivity contribution in [2.45, 2.75) is 45.4 Å². The summed E-state index contributed by atoms with van der Waals surface area (Å²) in [5.74, 6) is 5.35. The van der Waals surface area contributed by atoms with E-state index < -0.39 is 5.97 Å². The topological polar surface area (TPSA) is 37.3 Å². The van der Waals surface area contributed by atoms with Gasteiger partial charge < -0.3 is 5.11 Å². The number of carbonyl (C=O) groups is 1. The monoisotopic (exact) mass is 194 g/mol. The van der Waals surface area contributed by atoms with E-state index >= 15 is 0 Å². The molecule has 0 heterocycles. The van der Waals surface area contributed by atoms with Crippen LogP contribution in [0.2, 0.25) is 0 Å². The van der Waals surface area contributed by atoms with Crippen LogP contribution in [0.25, 0.3) is 0 Å². The van der Waals surface area contributed by atoms with Crippen LogP contribution in [0, 0.1) is 23.7 Å². The zero-order valence-electron chi connectivity index (χ0n) is 8.75. The molecule has 78 valence electrons. The highest BCUT2D eigenvalue weighted by Gasteiger charge is 2.24. The first-order valence-electron chi connectivity index (χ1n) is 5.47. The highest BCUT2D eigenvalue weighted by atomic mass is 16.4. The SMILES string of the molecule is CCC(C(=O)O)C1C#CCCCCC1. The summed E-state index contributed by atoms with van der Waals surface area (Å²) < 4.78 is 0. The summed E-state index contributed by atoms with van der Waals surface area (Å²) in [4.78, 5) is 11.0. The Balaban J connectivity index is 2.66. The van der Waals surface area contributed by atoms with Crippen molar-refractivity contribution in [2.75, 3.05) is 0 Å². The molecule has 1 rings (SSSR count). The van der Waals surface area contributed by atoms with Crippen LogP contribution in [-0.4, -0.2) is 11.1 Å². The summed E-state index contributed by atoms with van der Waals surface area (Å²) in [6, 6.07) is 0. The van der Waals surface area contributed by atoms with Crippen LogP contribution in [0.1, 0.15) is 45.4 Å². The number of rotatable bonds is 3. The third-order valence-corrected chi connectivity index (χ3v) is 2.85. The minimum Gasteiger partial charge on any atom is -0.481 e. The Morgan fingerprint density at radius 1 is 1.50 bits per heavy atom. The van der Waals surface area contributed by atoms with Gasteiger partial charge in [-0.3, -0.25) is 4.79 Å². The Morgan fingerprint density at radius 3 is 2.93 bits per heavy atom. The maximum Gasteiger partial charge on any atom is 0.307 e. The molecule has 0 radical (unpaired) electrons. The van der Waals surface area contributed by atoms with E-state index in [0.29, 0.717) is 6.42 Å². The lowest BCUT2D eigenvalue weighted by Gasteiger charge is -2.18. The first-order valence-corrected chi connectivity index (χ1v) is 5.47. The molecule has 1 aliphatic rings. The lowest BCUT2D eigenvalue weighted by Crippen LogP contribution is -2.22. The van der Waals surface area contributed by atoms with E-state index in [1.807, 2.05) is 6.92 Å². The van der Waals surface area contributed by atoms with E-state index in [-0.39, 0.29) is 11.8 Å². The van der Waals surface area contributed by atoms with E-state index in [0.717, 1.165) is 19.3 Å². The normalized spacial score (nSPS) is 23.9. The largest absolute Gasteiger partial charge is 0.481 e. The lowest BCUT2D eigenvalue weighted by atomic mass is 9.85. The zero-order valence-corrected chi connectivity index (χ0v) is 8.75. The summed E-state index contributed by atoms with van der Waals surface area (Å²) >= 11 is 0. The quantitative estimate of drug-likeness (QED) is 0.701. The van der Waals surface area contributed by atoms with Gasteiger partial charge in [0.1, 0.15) is 0 Å². The van der Waals surface area contributed by atoms with Crippen LogP contribution in [0.3, 0.4) is 0 Å². The van der Waals surface area contributed by atoms with Crippen molar-refractivity contribution in [1.29, 1.82) is 0 Å². The lowest BCUT2D eigenvalue weighted by molar-refractivity contribution is -0.143. The maximum absolute atomic E-state index is 11.0. The van der Waals surface area contributed by atoms with Gasteiger partial charge in [0.15, 0.2) is 0 Å². The van der Waals surface area contributed by atoms with Gasteiger partial charge >= 0.3 is 5.97 Å². The third kappa shape index (κ3) is 3.06. The molecule has 1 N–H and O–H groups in total. The molecule has 1 aliphatic carbocycles. The van der Waals surface area contributed by atoms with Crippen LogP contribution in [0.4, 0.5) is 0 Å². The van der Waals surface area contributed by atoms with Gasteiger partial charge in [0.25, 0.3) is 0 Å². The standard InChI is InChI=1S/C12H18O2/c1-2-11(12(13)14)10-8-6-4-3-5-7-9-10/h10-11H,2-6,8H2,1H3,(H,13,14). The average molecular weight is 194 g/mol. The van der Waals surface area contributed by atoms with Gasteiger partial charge in [0, 0.05) is 12.3 Å². The van der Waals surface area contributed by atoms with Crippen molar-refractivity contribution in [1.82, 2.24) is 0 Å². The van der Waals surface area contributed by atoms with Gasteiger partial charge in [-0.05, 0) is 19.3 Å². The molecule has 0 spiro atoms. The fourth-order valence-corrected chi connectivity index (χ4v) is 1.96. The van der Waals surface area contributed by atoms with Crippen molar-refractivity contribution in [2.24, 2.45) is 11.8 Å². The van der Waals surface area contributed by atoms with Crippen LogP contribution in [0.5, 0.6) is 0 Å². The smallest absolute Gasteiger partial charge is 0.307 e. The molecular formula is C12H18O2. The molecule has 0 saturated carbocycles. The van der Waals surface area contributed by atoms with Gasteiger partial charge in [-0.1, -0.05) is 25.7 Å². The molecule has 0 saturated heterocycles. The van der Waals surface area contributed by atoms with Crippen molar-refractivity contribution in [3.05, 3.63) is 0 Å². The number of carboxylic acid groups (broad SMARTS) is 1. The molecule has 2 atom stereocenters. The van der Waals surface area contributed by atoms with E-state index in [2.05, 4.69) is 11.8 Å². The van der Waals surface area contributed by atoms with E-state index in [1.165, 1.54) is 12.8 Å². The molecular weight excluding hydrogens is 176 g/mol. The zero-order chi connectivity index (χ0) is 10.4. The molecule has 2 heteroatoms. The predicted octanol–water partition coefficient (Wildman–Crippen LogP) is 2.68. The highest BCUT2D eigenvalue weighted by molar-refractivity contribution is 5.70. The minimum absolute atomic E-state index is 0.0813. The maximum atomic E-state index is 11.0. The van der Waals surface area contributed by atoms with Gasteiger partial charge in [0.05, 0.1) is 5.92 Å². The molecule has 0 aromatic heterocycles. The minimum atomic E-state index is -0.688. The molecule has 0 fully saturated rings. The van der Waals surface area contributed by atoms with Crippen LogP contribution < -0.4 is 0 Å². The molecule has 0 amide bonds. The average Bonchev–Trinajstić information content (AvgIpc) is 2.08.